The van der Waals surface area contributed by atoms with Crippen molar-refractivity contribution in [3.63, 3.8) is 0 Å². The van der Waals surface area contributed by atoms with E-state index in [-0.39, 0.29) is 0 Å². The molecule has 2 aromatic heterocycles. The van der Waals surface area contributed by atoms with Gasteiger partial charge in [-0.1, -0.05) is 84.3 Å². The topological polar surface area (TPSA) is 9.86 Å². The van der Waals surface area contributed by atoms with Gasteiger partial charge in [0.05, 0.1) is 22.1 Å². The van der Waals surface area contributed by atoms with Crippen molar-refractivity contribution < 1.29 is 0 Å². The molecule has 8 rings (SSSR count). The second-order valence-corrected chi connectivity index (χ2v) is 10.1. The molecule has 0 aliphatic heterocycles. The van der Waals surface area contributed by atoms with Crippen LogP contribution in [0.5, 0.6) is 0 Å². The van der Waals surface area contributed by atoms with Gasteiger partial charge in [-0.05, 0) is 71.8 Å². The summed E-state index contributed by atoms with van der Waals surface area (Å²) in [6.45, 7) is 0. The lowest BCUT2D eigenvalue weighted by atomic mass is 9.96. The Bertz CT molecular complexity index is 2180. The van der Waals surface area contributed by atoms with Gasteiger partial charge in [-0.3, -0.25) is 0 Å². The van der Waals surface area contributed by atoms with Crippen molar-refractivity contribution in [2.45, 2.75) is 0 Å². The quantitative estimate of drug-likeness (QED) is 0.219. The van der Waals surface area contributed by atoms with E-state index in [0.717, 1.165) is 11.2 Å². The molecule has 0 amide bonds. The molecule has 180 valence electrons. The van der Waals surface area contributed by atoms with E-state index in [2.05, 4.69) is 130 Å². The highest BCUT2D eigenvalue weighted by molar-refractivity contribution is 6.32. The van der Waals surface area contributed by atoms with Gasteiger partial charge in [0.2, 0.25) is 0 Å². The Kier molecular flexibility index (Phi) is 4.80. The van der Waals surface area contributed by atoms with E-state index in [1.54, 1.807) is 0 Å². The van der Waals surface area contributed by atoms with Crippen LogP contribution in [0.15, 0.2) is 140 Å². The van der Waals surface area contributed by atoms with E-state index in [0.29, 0.717) is 0 Å². The van der Waals surface area contributed by atoms with Gasteiger partial charge in [0.1, 0.15) is 7.85 Å². The number of hydrogen-bond acceptors (Lipinski definition) is 0. The number of aromatic nitrogens is 2. The highest BCUT2D eigenvalue weighted by atomic mass is 15.0. The number of para-hydroxylation sites is 3. The van der Waals surface area contributed by atoms with Crippen LogP contribution < -0.4 is 5.46 Å². The van der Waals surface area contributed by atoms with Gasteiger partial charge in [-0.15, -0.1) is 0 Å². The molecule has 0 bridgehead atoms. The summed E-state index contributed by atoms with van der Waals surface area (Å²) in [7, 11) is 6.16. The largest absolute Gasteiger partial charge is 0.309 e. The highest BCUT2D eigenvalue weighted by Crippen LogP contribution is 2.38. The van der Waals surface area contributed by atoms with Crippen LogP contribution in [0.4, 0.5) is 0 Å². The lowest BCUT2D eigenvalue weighted by Gasteiger charge is -2.10. The SMILES string of the molecule is [B]c1cccc(-n2c3ccccc3c3cc(-c4ccc5c(c4)c4ccccc4n5-c4ccccc4)ccc32)c1. The summed E-state index contributed by atoms with van der Waals surface area (Å²) in [6.07, 6.45) is 0. The van der Waals surface area contributed by atoms with E-state index in [1.807, 2.05) is 18.2 Å². The number of nitrogens with zero attached hydrogens (tertiary/aromatic N) is 2. The number of benzene rings is 6. The molecule has 0 aliphatic rings. The van der Waals surface area contributed by atoms with Crippen molar-refractivity contribution in [2.75, 3.05) is 0 Å². The summed E-state index contributed by atoms with van der Waals surface area (Å²) >= 11 is 0. The standard InChI is InChI=1S/C36H23BN2/c37-26-9-8-12-28(23-26)39-34-16-7-5-14-30(34)32-22-25(18-20-36(32)39)24-17-19-35-31(21-24)29-13-4-6-15-33(29)38(35)27-10-2-1-3-11-27/h1-23H. The zero-order valence-corrected chi connectivity index (χ0v) is 21.3. The maximum absolute atomic E-state index is 6.16. The summed E-state index contributed by atoms with van der Waals surface area (Å²) in [5.41, 5.74) is 10.2. The van der Waals surface area contributed by atoms with Crippen molar-refractivity contribution in [3.05, 3.63) is 140 Å². The fraction of sp³-hybridized carbons (Fsp3) is 0. The van der Waals surface area contributed by atoms with Crippen molar-refractivity contribution in [2.24, 2.45) is 0 Å². The third-order valence-corrected chi connectivity index (χ3v) is 7.82. The average Bonchev–Trinajstić information content (AvgIpc) is 3.50. The summed E-state index contributed by atoms with van der Waals surface area (Å²) in [6, 6.07) is 49.6. The van der Waals surface area contributed by atoms with Crippen molar-refractivity contribution in [1.29, 1.82) is 0 Å². The minimum absolute atomic E-state index is 0.762. The first-order chi connectivity index (χ1) is 19.3. The molecule has 3 heteroatoms. The van der Waals surface area contributed by atoms with Crippen LogP contribution >= 0.6 is 0 Å². The fourth-order valence-corrected chi connectivity index (χ4v) is 6.10. The normalized spacial score (nSPS) is 11.7. The molecule has 2 radical (unpaired) electrons. The molecule has 0 unspecified atom stereocenters. The predicted molar refractivity (Wildman–Crippen MR) is 166 cm³/mol. The Morgan fingerprint density at radius 3 is 1.44 bits per heavy atom. The zero-order chi connectivity index (χ0) is 25.9. The molecular weight excluding hydrogens is 471 g/mol. The molecule has 0 saturated heterocycles. The molecular formula is C36H23BN2. The summed E-state index contributed by atoms with van der Waals surface area (Å²) in [5, 5.41) is 4.99. The molecule has 2 heterocycles. The Labute approximate surface area is 227 Å². The Hall–Kier alpha value is -5.02. The van der Waals surface area contributed by atoms with E-state index in [9.17, 15) is 0 Å². The summed E-state index contributed by atoms with van der Waals surface area (Å²) in [4.78, 5) is 0. The third kappa shape index (κ3) is 3.37. The molecule has 0 N–H and O–H groups in total. The fourth-order valence-electron chi connectivity index (χ4n) is 6.10. The van der Waals surface area contributed by atoms with Crippen LogP contribution in [0.2, 0.25) is 0 Å². The zero-order valence-electron chi connectivity index (χ0n) is 21.3. The molecule has 0 atom stereocenters. The van der Waals surface area contributed by atoms with Crippen molar-refractivity contribution in [1.82, 2.24) is 9.13 Å². The number of fused-ring (bicyclic) bond motifs is 6. The lowest BCUT2D eigenvalue weighted by Crippen LogP contribution is -2.04. The van der Waals surface area contributed by atoms with Crippen LogP contribution in [0, 0.1) is 0 Å². The smallest absolute Gasteiger partial charge is 0.113 e. The number of rotatable bonds is 3. The molecule has 0 fully saturated rings. The van der Waals surface area contributed by atoms with E-state index >= 15 is 0 Å². The molecule has 39 heavy (non-hydrogen) atoms. The van der Waals surface area contributed by atoms with Crippen LogP contribution in [0.25, 0.3) is 66.1 Å². The minimum atomic E-state index is 0.762. The van der Waals surface area contributed by atoms with Crippen LogP contribution in [-0.2, 0) is 0 Å². The monoisotopic (exact) mass is 494 g/mol. The average molecular weight is 494 g/mol. The van der Waals surface area contributed by atoms with Crippen molar-refractivity contribution in [3.8, 4) is 22.5 Å². The predicted octanol–water partition coefficient (Wildman–Crippen LogP) is 8.34. The Morgan fingerprint density at radius 2 is 0.846 bits per heavy atom. The molecule has 0 aliphatic carbocycles. The Balaban J connectivity index is 1.36. The van der Waals surface area contributed by atoms with E-state index in [4.69, 9.17) is 7.85 Å². The first-order valence-electron chi connectivity index (χ1n) is 13.2. The molecule has 0 spiro atoms. The second-order valence-electron chi connectivity index (χ2n) is 10.1. The maximum Gasteiger partial charge on any atom is 0.113 e. The Morgan fingerprint density at radius 1 is 0.359 bits per heavy atom. The molecule has 8 aromatic rings. The van der Waals surface area contributed by atoms with Gasteiger partial charge in [0, 0.05) is 32.9 Å². The van der Waals surface area contributed by atoms with E-state index < -0.39 is 0 Å². The maximum atomic E-state index is 6.16. The summed E-state index contributed by atoms with van der Waals surface area (Å²) in [5.74, 6) is 0. The van der Waals surface area contributed by atoms with Crippen LogP contribution in [-0.4, -0.2) is 17.0 Å². The lowest BCUT2D eigenvalue weighted by molar-refractivity contribution is 1.18. The summed E-state index contributed by atoms with van der Waals surface area (Å²) < 4.78 is 4.66. The minimum Gasteiger partial charge on any atom is -0.309 e. The first kappa shape index (κ1) is 22.0. The number of hydrogen-bond donors (Lipinski definition) is 0. The second kappa shape index (κ2) is 8.51. The molecule has 6 aromatic carbocycles. The van der Waals surface area contributed by atoms with Gasteiger partial charge >= 0.3 is 0 Å². The van der Waals surface area contributed by atoms with Crippen LogP contribution in [0.1, 0.15) is 0 Å². The van der Waals surface area contributed by atoms with Gasteiger partial charge in [0.25, 0.3) is 0 Å². The molecule has 0 saturated carbocycles. The van der Waals surface area contributed by atoms with Crippen LogP contribution in [0.3, 0.4) is 0 Å². The molecule has 2 nitrogen and oxygen atoms in total. The third-order valence-electron chi connectivity index (χ3n) is 7.82. The van der Waals surface area contributed by atoms with Gasteiger partial charge < -0.3 is 9.13 Å². The van der Waals surface area contributed by atoms with Gasteiger partial charge in [0.15, 0.2) is 0 Å². The van der Waals surface area contributed by atoms with Crippen molar-refractivity contribution >= 4 is 56.9 Å². The van der Waals surface area contributed by atoms with Gasteiger partial charge in [-0.2, -0.15) is 0 Å². The first-order valence-corrected chi connectivity index (χ1v) is 13.2. The van der Waals surface area contributed by atoms with Gasteiger partial charge in [-0.25, -0.2) is 0 Å². The van der Waals surface area contributed by atoms with E-state index in [1.165, 1.54) is 60.4 Å². The highest BCUT2D eigenvalue weighted by Gasteiger charge is 2.15.